The maximum absolute atomic E-state index is 11.0. The van der Waals surface area contributed by atoms with E-state index < -0.39 is 11.5 Å². The summed E-state index contributed by atoms with van der Waals surface area (Å²) in [4.78, 5) is 17.2. The van der Waals surface area contributed by atoms with Gasteiger partial charge in [0.05, 0.1) is 6.54 Å². The lowest BCUT2D eigenvalue weighted by Gasteiger charge is -2.19. The molecule has 16 heavy (non-hydrogen) atoms. The van der Waals surface area contributed by atoms with Gasteiger partial charge in [0, 0.05) is 32.5 Å². The molecule has 1 fully saturated rings. The minimum atomic E-state index is -1.09. The molecule has 1 aliphatic rings. The molecule has 1 saturated heterocycles. The predicted molar refractivity (Wildman–Crippen MR) is 57.7 cm³/mol. The number of likely N-dealkylation sites (tertiary alicyclic amines) is 1. The highest BCUT2D eigenvalue weighted by Crippen LogP contribution is 2.20. The van der Waals surface area contributed by atoms with Gasteiger partial charge in [-0.2, -0.15) is 0 Å². The van der Waals surface area contributed by atoms with E-state index in [0.29, 0.717) is 26.1 Å². The fourth-order valence-corrected chi connectivity index (χ4v) is 1.97. The second kappa shape index (κ2) is 3.88. The summed E-state index contributed by atoms with van der Waals surface area (Å²) in [6.07, 6.45) is 4.10. The van der Waals surface area contributed by atoms with Crippen molar-refractivity contribution in [1.82, 2.24) is 14.5 Å². The molecule has 0 aliphatic carbocycles. The van der Waals surface area contributed by atoms with Crippen molar-refractivity contribution in [2.75, 3.05) is 13.1 Å². The summed E-state index contributed by atoms with van der Waals surface area (Å²) >= 11 is 0. The van der Waals surface area contributed by atoms with Crippen molar-refractivity contribution in [3.05, 3.63) is 18.2 Å². The molecule has 1 aromatic heterocycles. The Balaban J connectivity index is 2.00. The largest absolute Gasteiger partial charge is 0.480 e. The number of nitrogens with zero attached hydrogens (tertiary/aromatic N) is 3. The number of carboxylic acid groups (broad SMARTS) is 1. The summed E-state index contributed by atoms with van der Waals surface area (Å²) in [5.41, 5.74) is 4.70. The monoisotopic (exact) mass is 224 g/mol. The molecule has 0 radical (unpaired) electrons. The smallest absolute Gasteiger partial charge is 0.325 e. The van der Waals surface area contributed by atoms with Crippen molar-refractivity contribution in [2.24, 2.45) is 12.8 Å². The number of rotatable bonds is 3. The molecule has 0 aromatic carbocycles. The van der Waals surface area contributed by atoms with Gasteiger partial charge in [-0.1, -0.05) is 0 Å². The molecule has 1 aromatic rings. The topological polar surface area (TPSA) is 84.4 Å². The maximum atomic E-state index is 11.0. The van der Waals surface area contributed by atoms with Gasteiger partial charge in [0.1, 0.15) is 11.4 Å². The molecule has 0 spiro atoms. The van der Waals surface area contributed by atoms with Crippen LogP contribution >= 0.6 is 0 Å². The van der Waals surface area contributed by atoms with Gasteiger partial charge in [-0.05, 0) is 6.42 Å². The first-order valence-electron chi connectivity index (χ1n) is 5.22. The lowest BCUT2D eigenvalue weighted by atomic mass is 10.0. The van der Waals surface area contributed by atoms with E-state index >= 15 is 0 Å². The van der Waals surface area contributed by atoms with Crippen molar-refractivity contribution < 1.29 is 9.90 Å². The molecule has 1 unspecified atom stereocenters. The summed E-state index contributed by atoms with van der Waals surface area (Å²) in [5.74, 6) is 0.00415. The molecular weight excluding hydrogens is 208 g/mol. The molecule has 2 heterocycles. The van der Waals surface area contributed by atoms with Crippen LogP contribution in [-0.4, -0.2) is 44.2 Å². The van der Waals surface area contributed by atoms with Crippen LogP contribution in [-0.2, 0) is 18.4 Å². The third-order valence-electron chi connectivity index (χ3n) is 3.09. The zero-order valence-electron chi connectivity index (χ0n) is 9.26. The van der Waals surface area contributed by atoms with E-state index in [1.165, 1.54) is 0 Å². The summed E-state index contributed by atoms with van der Waals surface area (Å²) in [6.45, 7) is 1.74. The van der Waals surface area contributed by atoms with Gasteiger partial charge in [0.2, 0.25) is 0 Å². The van der Waals surface area contributed by atoms with Crippen molar-refractivity contribution in [3.63, 3.8) is 0 Å². The first-order valence-corrected chi connectivity index (χ1v) is 5.22. The van der Waals surface area contributed by atoms with Gasteiger partial charge in [-0.25, -0.2) is 4.98 Å². The van der Waals surface area contributed by atoms with Crippen LogP contribution in [0.1, 0.15) is 12.2 Å². The van der Waals surface area contributed by atoms with Crippen LogP contribution < -0.4 is 5.73 Å². The average molecular weight is 224 g/mol. The van der Waals surface area contributed by atoms with Gasteiger partial charge in [-0.3, -0.25) is 9.69 Å². The minimum Gasteiger partial charge on any atom is -0.480 e. The van der Waals surface area contributed by atoms with E-state index in [4.69, 9.17) is 10.8 Å². The van der Waals surface area contributed by atoms with Crippen LogP contribution in [0.4, 0.5) is 0 Å². The summed E-state index contributed by atoms with van der Waals surface area (Å²) in [5, 5.41) is 9.00. The number of carbonyl (C=O) groups is 1. The summed E-state index contributed by atoms with van der Waals surface area (Å²) in [7, 11) is 1.92. The van der Waals surface area contributed by atoms with Crippen LogP contribution in [0.5, 0.6) is 0 Å². The molecule has 2 rings (SSSR count). The zero-order valence-corrected chi connectivity index (χ0v) is 9.26. The van der Waals surface area contributed by atoms with Gasteiger partial charge in [-0.15, -0.1) is 0 Å². The number of aromatic nitrogens is 2. The number of hydrogen-bond donors (Lipinski definition) is 2. The number of hydrogen-bond acceptors (Lipinski definition) is 4. The van der Waals surface area contributed by atoms with Crippen molar-refractivity contribution in [1.29, 1.82) is 0 Å². The Kier molecular flexibility index (Phi) is 2.69. The van der Waals surface area contributed by atoms with E-state index in [1.54, 1.807) is 6.20 Å². The Morgan fingerprint density at radius 2 is 2.50 bits per heavy atom. The number of aryl methyl sites for hydroxylation is 1. The highest BCUT2D eigenvalue weighted by molar-refractivity contribution is 5.79. The fraction of sp³-hybridized carbons (Fsp3) is 0.600. The van der Waals surface area contributed by atoms with Crippen molar-refractivity contribution >= 4 is 5.97 Å². The van der Waals surface area contributed by atoms with Gasteiger partial charge in [0.25, 0.3) is 0 Å². The molecule has 0 saturated carbocycles. The number of imidazole rings is 1. The summed E-state index contributed by atoms with van der Waals surface area (Å²) in [6, 6.07) is 0. The first-order chi connectivity index (χ1) is 7.51. The van der Waals surface area contributed by atoms with Crippen molar-refractivity contribution in [2.45, 2.75) is 18.5 Å². The maximum Gasteiger partial charge on any atom is 0.325 e. The number of aliphatic carboxylic acids is 1. The minimum absolute atomic E-state index is 0.384. The average Bonchev–Trinajstić information content (AvgIpc) is 2.77. The number of nitrogens with two attached hydrogens (primary N) is 1. The Morgan fingerprint density at radius 1 is 1.75 bits per heavy atom. The van der Waals surface area contributed by atoms with Gasteiger partial charge >= 0.3 is 5.97 Å². The molecule has 6 heteroatoms. The second-order valence-electron chi connectivity index (χ2n) is 4.38. The standard InChI is InChI=1S/C10H16N4O2/c1-13-5-3-12-8(13)6-14-4-2-10(11,7-14)9(15)16/h3,5H,2,4,6-7,11H2,1H3,(H,15,16). The zero-order chi connectivity index (χ0) is 11.8. The van der Waals surface area contributed by atoms with Crippen LogP contribution in [0.3, 0.4) is 0 Å². The Bertz CT molecular complexity index is 403. The van der Waals surface area contributed by atoms with Crippen LogP contribution in [0.25, 0.3) is 0 Å². The van der Waals surface area contributed by atoms with Gasteiger partial charge in [0.15, 0.2) is 0 Å². The van der Waals surface area contributed by atoms with Crippen molar-refractivity contribution in [3.8, 4) is 0 Å². The molecule has 6 nitrogen and oxygen atoms in total. The molecule has 88 valence electrons. The first kappa shape index (κ1) is 11.1. The molecular formula is C10H16N4O2. The van der Waals surface area contributed by atoms with Crippen LogP contribution in [0.2, 0.25) is 0 Å². The van der Waals surface area contributed by atoms with E-state index in [2.05, 4.69) is 4.98 Å². The molecule has 1 atom stereocenters. The Labute approximate surface area is 93.7 Å². The SMILES string of the molecule is Cn1ccnc1CN1CCC(N)(C(=O)O)C1. The lowest BCUT2D eigenvalue weighted by Crippen LogP contribution is -2.50. The van der Waals surface area contributed by atoms with E-state index in [0.717, 1.165) is 5.82 Å². The third kappa shape index (κ3) is 1.94. The van der Waals surface area contributed by atoms with E-state index in [1.807, 2.05) is 22.7 Å². The molecule has 1 aliphatic heterocycles. The van der Waals surface area contributed by atoms with E-state index in [9.17, 15) is 4.79 Å². The lowest BCUT2D eigenvalue weighted by molar-refractivity contribution is -0.142. The van der Waals surface area contributed by atoms with Crippen LogP contribution in [0.15, 0.2) is 12.4 Å². The number of carboxylic acids is 1. The van der Waals surface area contributed by atoms with Crippen LogP contribution in [0, 0.1) is 0 Å². The fourth-order valence-electron chi connectivity index (χ4n) is 1.97. The normalized spacial score (nSPS) is 26.1. The highest BCUT2D eigenvalue weighted by atomic mass is 16.4. The molecule has 0 amide bonds. The molecule has 3 N–H and O–H groups in total. The third-order valence-corrected chi connectivity index (χ3v) is 3.09. The Hall–Kier alpha value is -1.40. The highest BCUT2D eigenvalue weighted by Gasteiger charge is 2.41. The predicted octanol–water partition coefficient (Wildman–Crippen LogP) is -0.592. The molecule has 0 bridgehead atoms. The van der Waals surface area contributed by atoms with E-state index in [-0.39, 0.29) is 0 Å². The quantitative estimate of drug-likeness (QED) is 0.716. The summed E-state index contributed by atoms with van der Waals surface area (Å²) < 4.78 is 1.93. The van der Waals surface area contributed by atoms with Gasteiger partial charge < -0.3 is 15.4 Å². The second-order valence-corrected chi connectivity index (χ2v) is 4.38. The Morgan fingerprint density at radius 3 is 3.00 bits per heavy atom.